The molecule has 5 rings (SSSR count). The lowest BCUT2D eigenvalue weighted by Crippen LogP contribution is -2.28. The standard InChI is InChI=1S/C30H28N2O2S/c1-30(2,3)22-13-17-24(18-14-22)32-27(33)19-35-29(32)21-11-15-23(16-12-21)31-28(34)26-10-6-8-20-7-4-5-9-25(20)26/h4-18,29H,19H2,1-3H3,(H,31,34). The molecule has 1 atom stereocenters. The molecule has 5 heteroatoms. The predicted octanol–water partition coefficient (Wildman–Crippen LogP) is 7.17. The van der Waals surface area contributed by atoms with Gasteiger partial charge in [0.1, 0.15) is 5.37 Å². The first-order chi connectivity index (χ1) is 16.8. The van der Waals surface area contributed by atoms with Gasteiger partial charge in [0.05, 0.1) is 5.75 Å². The van der Waals surface area contributed by atoms with E-state index >= 15 is 0 Å². The molecule has 1 aliphatic heterocycles. The van der Waals surface area contributed by atoms with Gasteiger partial charge in [-0.15, -0.1) is 11.8 Å². The highest BCUT2D eigenvalue weighted by Gasteiger charge is 2.34. The molecule has 0 saturated carbocycles. The third-order valence-electron chi connectivity index (χ3n) is 6.37. The van der Waals surface area contributed by atoms with Crippen molar-refractivity contribution in [1.82, 2.24) is 0 Å². The zero-order chi connectivity index (χ0) is 24.6. The van der Waals surface area contributed by atoms with Crippen molar-refractivity contribution >= 4 is 45.7 Å². The monoisotopic (exact) mass is 480 g/mol. The Kier molecular flexibility index (Phi) is 6.12. The van der Waals surface area contributed by atoms with E-state index in [1.165, 1.54) is 5.56 Å². The summed E-state index contributed by atoms with van der Waals surface area (Å²) in [5.74, 6) is 0.419. The number of hydrogen-bond acceptors (Lipinski definition) is 3. The van der Waals surface area contributed by atoms with Crippen LogP contribution in [0, 0.1) is 0 Å². The molecule has 0 bridgehead atoms. The van der Waals surface area contributed by atoms with Crippen LogP contribution in [0.3, 0.4) is 0 Å². The molecule has 35 heavy (non-hydrogen) atoms. The molecular weight excluding hydrogens is 452 g/mol. The second kappa shape index (κ2) is 9.23. The topological polar surface area (TPSA) is 49.4 Å². The summed E-state index contributed by atoms with van der Waals surface area (Å²) in [7, 11) is 0. The molecule has 0 spiro atoms. The number of nitrogens with one attached hydrogen (secondary N) is 1. The van der Waals surface area contributed by atoms with Gasteiger partial charge in [0.15, 0.2) is 0 Å². The number of nitrogens with zero attached hydrogens (tertiary/aromatic N) is 1. The summed E-state index contributed by atoms with van der Waals surface area (Å²) in [6.45, 7) is 6.55. The van der Waals surface area contributed by atoms with E-state index in [2.05, 4.69) is 38.2 Å². The maximum Gasteiger partial charge on any atom is 0.256 e. The quantitative estimate of drug-likeness (QED) is 0.337. The lowest BCUT2D eigenvalue weighted by Gasteiger charge is -2.26. The summed E-state index contributed by atoms with van der Waals surface area (Å²) < 4.78 is 0. The Labute approximate surface area is 210 Å². The normalized spacial score (nSPS) is 16.0. The Bertz CT molecular complexity index is 1380. The molecule has 0 aliphatic carbocycles. The van der Waals surface area contributed by atoms with E-state index in [-0.39, 0.29) is 22.6 Å². The number of rotatable bonds is 4. The highest BCUT2D eigenvalue weighted by atomic mass is 32.2. The minimum Gasteiger partial charge on any atom is -0.322 e. The van der Waals surface area contributed by atoms with Crippen LogP contribution in [0.15, 0.2) is 91.0 Å². The number of hydrogen-bond donors (Lipinski definition) is 1. The summed E-state index contributed by atoms with van der Waals surface area (Å²) in [5, 5.41) is 4.89. The van der Waals surface area contributed by atoms with Crippen molar-refractivity contribution in [1.29, 1.82) is 0 Å². The average Bonchev–Trinajstić information content (AvgIpc) is 3.25. The van der Waals surface area contributed by atoms with Gasteiger partial charge in [-0.2, -0.15) is 0 Å². The molecule has 176 valence electrons. The number of carbonyl (C=O) groups excluding carboxylic acids is 2. The fraction of sp³-hybridized carbons (Fsp3) is 0.200. The van der Waals surface area contributed by atoms with Crippen LogP contribution in [-0.4, -0.2) is 17.6 Å². The number of thioether (sulfide) groups is 1. The minimum atomic E-state index is -0.138. The van der Waals surface area contributed by atoms with E-state index in [1.807, 2.05) is 83.8 Å². The van der Waals surface area contributed by atoms with Crippen molar-refractivity contribution < 1.29 is 9.59 Å². The second-order valence-corrected chi connectivity index (χ2v) is 10.9. The number of amides is 2. The third-order valence-corrected chi connectivity index (χ3v) is 7.58. The van der Waals surface area contributed by atoms with Crippen LogP contribution in [0.25, 0.3) is 10.8 Å². The van der Waals surface area contributed by atoms with Gasteiger partial charge in [0.2, 0.25) is 5.91 Å². The average molecular weight is 481 g/mol. The highest BCUT2D eigenvalue weighted by Crippen LogP contribution is 2.42. The van der Waals surface area contributed by atoms with Crippen molar-refractivity contribution in [3.8, 4) is 0 Å². The summed E-state index contributed by atoms with van der Waals surface area (Å²) in [6.07, 6.45) is 0. The highest BCUT2D eigenvalue weighted by molar-refractivity contribution is 8.00. The van der Waals surface area contributed by atoms with Crippen molar-refractivity contribution in [2.75, 3.05) is 16.0 Å². The van der Waals surface area contributed by atoms with Crippen LogP contribution in [0.5, 0.6) is 0 Å². The van der Waals surface area contributed by atoms with Gasteiger partial charge in [-0.25, -0.2) is 0 Å². The zero-order valence-electron chi connectivity index (χ0n) is 20.1. The lowest BCUT2D eigenvalue weighted by atomic mass is 9.87. The van der Waals surface area contributed by atoms with Crippen LogP contribution in [-0.2, 0) is 10.2 Å². The van der Waals surface area contributed by atoms with E-state index < -0.39 is 0 Å². The number of benzene rings is 4. The molecule has 1 N–H and O–H groups in total. The van der Waals surface area contributed by atoms with Gasteiger partial charge in [-0.3, -0.25) is 14.5 Å². The molecule has 1 heterocycles. The molecule has 1 aliphatic rings. The predicted molar refractivity (Wildman–Crippen MR) is 146 cm³/mol. The van der Waals surface area contributed by atoms with E-state index in [0.29, 0.717) is 11.3 Å². The lowest BCUT2D eigenvalue weighted by molar-refractivity contribution is -0.115. The van der Waals surface area contributed by atoms with Gasteiger partial charge < -0.3 is 5.32 Å². The smallest absolute Gasteiger partial charge is 0.256 e. The molecule has 1 saturated heterocycles. The molecule has 0 radical (unpaired) electrons. The van der Waals surface area contributed by atoms with Gasteiger partial charge in [0, 0.05) is 16.9 Å². The summed E-state index contributed by atoms with van der Waals surface area (Å²) in [5.41, 5.74) is 4.61. The second-order valence-electron chi connectivity index (χ2n) is 9.83. The Morgan fingerprint density at radius 2 is 1.57 bits per heavy atom. The van der Waals surface area contributed by atoms with Crippen molar-refractivity contribution in [3.05, 3.63) is 108 Å². The molecule has 4 aromatic carbocycles. The minimum absolute atomic E-state index is 0.0635. The van der Waals surface area contributed by atoms with Gasteiger partial charge >= 0.3 is 0 Å². The van der Waals surface area contributed by atoms with Crippen LogP contribution in [0.1, 0.15) is 47.6 Å². The fourth-order valence-corrected chi connectivity index (χ4v) is 5.60. The first-order valence-electron chi connectivity index (χ1n) is 11.7. The Morgan fingerprint density at radius 3 is 2.29 bits per heavy atom. The van der Waals surface area contributed by atoms with Gasteiger partial charge in [-0.1, -0.05) is 81.4 Å². The first-order valence-corrected chi connectivity index (χ1v) is 12.8. The largest absolute Gasteiger partial charge is 0.322 e. The van der Waals surface area contributed by atoms with E-state index in [4.69, 9.17) is 0 Å². The van der Waals surface area contributed by atoms with Crippen LogP contribution in [0.2, 0.25) is 0 Å². The van der Waals surface area contributed by atoms with Crippen LogP contribution >= 0.6 is 11.8 Å². The molecular formula is C30H28N2O2S. The number of anilines is 2. The zero-order valence-corrected chi connectivity index (χ0v) is 20.9. The van der Waals surface area contributed by atoms with Crippen LogP contribution < -0.4 is 10.2 Å². The maximum atomic E-state index is 13.0. The number of carbonyl (C=O) groups is 2. The fourth-order valence-electron chi connectivity index (χ4n) is 4.42. The van der Waals surface area contributed by atoms with Crippen molar-refractivity contribution in [2.45, 2.75) is 31.6 Å². The van der Waals surface area contributed by atoms with Crippen LogP contribution in [0.4, 0.5) is 11.4 Å². The third kappa shape index (κ3) is 4.69. The van der Waals surface area contributed by atoms with Gasteiger partial charge in [0.25, 0.3) is 5.91 Å². The van der Waals surface area contributed by atoms with E-state index in [1.54, 1.807) is 11.8 Å². The first kappa shape index (κ1) is 23.2. The molecule has 4 aromatic rings. The molecule has 0 aromatic heterocycles. The summed E-state index contributed by atoms with van der Waals surface area (Å²) in [4.78, 5) is 27.6. The van der Waals surface area contributed by atoms with Gasteiger partial charge in [-0.05, 0) is 57.6 Å². The van der Waals surface area contributed by atoms with Crippen molar-refractivity contribution in [2.24, 2.45) is 0 Å². The molecule has 1 fully saturated rings. The van der Waals surface area contributed by atoms with Crippen molar-refractivity contribution in [3.63, 3.8) is 0 Å². The summed E-state index contributed by atoms with van der Waals surface area (Å²) in [6, 6.07) is 29.7. The number of fused-ring (bicyclic) bond motifs is 1. The molecule has 1 unspecified atom stereocenters. The Hall–Kier alpha value is -3.57. The molecule has 4 nitrogen and oxygen atoms in total. The maximum absolute atomic E-state index is 13.0. The van der Waals surface area contributed by atoms with E-state index in [9.17, 15) is 9.59 Å². The molecule has 2 amide bonds. The SMILES string of the molecule is CC(C)(C)c1ccc(N2C(=O)CSC2c2ccc(NC(=O)c3cccc4ccccc34)cc2)cc1. The Morgan fingerprint density at radius 1 is 0.886 bits per heavy atom. The summed E-state index contributed by atoms with van der Waals surface area (Å²) >= 11 is 1.62. The van der Waals surface area contributed by atoms with E-state index in [0.717, 1.165) is 27.7 Å². The Balaban J connectivity index is 1.35.